The number of ketones is 1. The summed E-state index contributed by atoms with van der Waals surface area (Å²) in [6, 6.07) is 15.5. The summed E-state index contributed by atoms with van der Waals surface area (Å²) in [5.74, 6) is -1.52. The normalized spacial score (nSPS) is 21.0. The lowest BCUT2D eigenvalue weighted by Gasteiger charge is -2.38. The fraction of sp³-hybridized carbons (Fsp3) is 0.304. The number of carbonyl (C=O) groups is 4. The molecule has 154 valence electrons. The van der Waals surface area contributed by atoms with Crippen molar-refractivity contribution in [3.05, 3.63) is 71.3 Å². The van der Waals surface area contributed by atoms with Crippen LogP contribution in [0.4, 0.5) is 4.79 Å². The molecule has 7 nitrogen and oxygen atoms in total. The topological polar surface area (TPSA) is 84.0 Å². The van der Waals surface area contributed by atoms with E-state index in [1.807, 2.05) is 30.3 Å². The molecular weight excluding hydrogens is 384 g/mol. The van der Waals surface area contributed by atoms with Crippen molar-refractivity contribution < 1.29 is 23.9 Å². The lowest BCUT2D eigenvalue weighted by molar-refractivity contribution is -0.128. The van der Waals surface area contributed by atoms with E-state index in [0.29, 0.717) is 11.1 Å². The summed E-state index contributed by atoms with van der Waals surface area (Å²) in [5, 5.41) is 0. The Morgan fingerprint density at radius 1 is 0.967 bits per heavy atom. The summed E-state index contributed by atoms with van der Waals surface area (Å²) >= 11 is 0. The minimum Gasteiger partial charge on any atom is -0.445 e. The molecule has 4 rings (SSSR count). The van der Waals surface area contributed by atoms with E-state index in [4.69, 9.17) is 4.74 Å². The van der Waals surface area contributed by atoms with E-state index < -0.39 is 29.9 Å². The van der Waals surface area contributed by atoms with E-state index in [-0.39, 0.29) is 31.9 Å². The molecule has 2 aromatic carbocycles. The minimum absolute atomic E-state index is 0.0468. The maximum Gasteiger partial charge on any atom is 0.410 e. The predicted octanol–water partition coefficient (Wildman–Crippen LogP) is 2.90. The van der Waals surface area contributed by atoms with Crippen LogP contribution < -0.4 is 0 Å². The second kappa shape index (κ2) is 8.10. The van der Waals surface area contributed by atoms with E-state index in [2.05, 4.69) is 0 Å². The number of amides is 3. The Balaban J connectivity index is 1.45. The molecule has 30 heavy (non-hydrogen) atoms. The number of imide groups is 1. The Morgan fingerprint density at radius 2 is 1.57 bits per heavy atom. The number of hydrogen-bond acceptors (Lipinski definition) is 5. The number of nitrogens with zero attached hydrogens (tertiary/aromatic N) is 2. The van der Waals surface area contributed by atoms with E-state index in [1.54, 1.807) is 31.2 Å². The molecule has 3 amide bonds. The van der Waals surface area contributed by atoms with Crippen molar-refractivity contribution >= 4 is 23.7 Å². The van der Waals surface area contributed by atoms with Crippen LogP contribution in [-0.4, -0.2) is 52.6 Å². The van der Waals surface area contributed by atoms with Crippen molar-refractivity contribution in [3.63, 3.8) is 0 Å². The number of rotatable bonds is 4. The first-order chi connectivity index (χ1) is 14.5. The largest absolute Gasteiger partial charge is 0.445 e. The predicted molar refractivity (Wildman–Crippen MR) is 108 cm³/mol. The van der Waals surface area contributed by atoms with Crippen molar-refractivity contribution in [2.24, 2.45) is 5.92 Å². The van der Waals surface area contributed by atoms with Crippen molar-refractivity contribution in [2.45, 2.75) is 26.0 Å². The van der Waals surface area contributed by atoms with E-state index in [9.17, 15) is 19.2 Å². The van der Waals surface area contributed by atoms with Crippen LogP contribution in [0.3, 0.4) is 0 Å². The van der Waals surface area contributed by atoms with Gasteiger partial charge in [-0.05, 0) is 24.6 Å². The zero-order chi connectivity index (χ0) is 21.3. The summed E-state index contributed by atoms with van der Waals surface area (Å²) in [5.41, 5.74) is 1.56. The Morgan fingerprint density at radius 3 is 2.20 bits per heavy atom. The van der Waals surface area contributed by atoms with Gasteiger partial charge in [0.2, 0.25) is 0 Å². The first-order valence-corrected chi connectivity index (χ1v) is 9.92. The highest BCUT2D eigenvalue weighted by Crippen LogP contribution is 2.28. The molecule has 1 saturated heterocycles. The quantitative estimate of drug-likeness (QED) is 0.729. The molecule has 0 radical (unpaired) electrons. The number of piperidine rings is 1. The summed E-state index contributed by atoms with van der Waals surface area (Å²) in [4.78, 5) is 53.2. The summed E-state index contributed by atoms with van der Waals surface area (Å²) in [6.45, 7) is 2.10. The van der Waals surface area contributed by atoms with E-state index in [1.165, 1.54) is 4.90 Å². The van der Waals surface area contributed by atoms with Crippen LogP contribution in [0, 0.1) is 5.92 Å². The molecule has 7 heteroatoms. The van der Waals surface area contributed by atoms with Gasteiger partial charge in [-0.15, -0.1) is 0 Å². The van der Waals surface area contributed by atoms with Crippen molar-refractivity contribution in [1.82, 2.24) is 9.80 Å². The van der Waals surface area contributed by atoms with Crippen LogP contribution >= 0.6 is 0 Å². The molecule has 2 atom stereocenters. The van der Waals surface area contributed by atoms with Gasteiger partial charge in [-0.25, -0.2) is 4.79 Å². The standard InChI is InChI=1S/C23H22N2O5/c1-15-19(13-25-21(27)17-9-5-6-10-18(17)22(25)28)20(26)11-12-24(15)23(29)30-14-16-7-3-2-4-8-16/h2-10,15,19H,11-14H2,1H3. The second-order valence-electron chi connectivity index (χ2n) is 7.56. The second-order valence-corrected chi connectivity index (χ2v) is 7.56. The lowest BCUT2D eigenvalue weighted by Crippen LogP contribution is -2.54. The summed E-state index contributed by atoms with van der Waals surface area (Å²) in [7, 11) is 0. The Hall–Kier alpha value is -3.48. The molecule has 0 aliphatic carbocycles. The summed E-state index contributed by atoms with van der Waals surface area (Å²) < 4.78 is 5.41. The lowest BCUT2D eigenvalue weighted by atomic mass is 9.88. The zero-order valence-corrected chi connectivity index (χ0v) is 16.6. The molecule has 0 N–H and O–H groups in total. The first-order valence-electron chi connectivity index (χ1n) is 9.92. The van der Waals surface area contributed by atoms with Gasteiger partial charge in [0.15, 0.2) is 0 Å². The van der Waals surface area contributed by atoms with Crippen molar-refractivity contribution in [1.29, 1.82) is 0 Å². The molecule has 2 heterocycles. The highest BCUT2D eigenvalue weighted by molar-refractivity contribution is 6.21. The minimum atomic E-state index is -0.648. The molecule has 0 aromatic heterocycles. The van der Waals surface area contributed by atoms with Crippen molar-refractivity contribution in [3.8, 4) is 0 Å². The average Bonchev–Trinajstić information content (AvgIpc) is 3.00. The maximum atomic E-state index is 12.7. The number of fused-ring (bicyclic) bond motifs is 1. The molecule has 0 spiro atoms. The van der Waals surface area contributed by atoms with Gasteiger partial charge in [-0.3, -0.25) is 19.3 Å². The molecule has 2 aromatic rings. The van der Waals surface area contributed by atoms with Gasteiger partial charge in [-0.1, -0.05) is 42.5 Å². The van der Waals surface area contributed by atoms with Crippen LogP contribution in [-0.2, 0) is 16.1 Å². The van der Waals surface area contributed by atoms with E-state index in [0.717, 1.165) is 10.5 Å². The monoisotopic (exact) mass is 406 g/mol. The SMILES string of the molecule is CC1C(CN2C(=O)c3ccccc3C2=O)C(=O)CCN1C(=O)OCc1ccccc1. The van der Waals surface area contributed by atoms with Crippen LogP contribution in [0.5, 0.6) is 0 Å². The van der Waals surface area contributed by atoms with Gasteiger partial charge >= 0.3 is 6.09 Å². The molecular formula is C23H22N2O5. The Bertz CT molecular complexity index is 969. The van der Waals surface area contributed by atoms with Gasteiger partial charge in [0.05, 0.1) is 17.0 Å². The zero-order valence-electron chi connectivity index (χ0n) is 16.6. The number of benzene rings is 2. The maximum absolute atomic E-state index is 12.7. The molecule has 0 bridgehead atoms. The van der Waals surface area contributed by atoms with E-state index >= 15 is 0 Å². The first kappa shape index (κ1) is 19.8. The molecule has 2 aliphatic heterocycles. The van der Waals surface area contributed by atoms with Gasteiger partial charge < -0.3 is 9.64 Å². The number of hydrogen-bond donors (Lipinski definition) is 0. The summed E-state index contributed by atoms with van der Waals surface area (Å²) in [6.07, 6.45) is -0.343. The Labute approximate surface area is 174 Å². The highest BCUT2D eigenvalue weighted by atomic mass is 16.6. The number of ether oxygens (including phenoxy) is 1. The van der Waals surface area contributed by atoms with Crippen LogP contribution in [0.25, 0.3) is 0 Å². The van der Waals surface area contributed by atoms with Crippen LogP contribution in [0.15, 0.2) is 54.6 Å². The molecule has 2 aliphatic rings. The van der Waals surface area contributed by atoms with Gasteiger partial charge in [-0.2, -0.15) is 0 Å². The van der Waals surface area contributed by atoms with Gasteiger partial charge in [0, 0.05) is 25.6 Å². The van der Waals surface area contributed by atoms with Gasteiger partial charge in [0.1, 0.15) is 12.4 Å². The molecule has 2 unspecified atom stereocenters. The fourth-order valence-corrected chi connectivity index (χ4v) is 4.02. The highest BCUT2D eigenvalue weighted by Gasteiger charge is 2.43. The third-order valence-corrected chi connectivity index (χ3v) is 5.78. The number of carbonyl (C=O) groups excluding carboxylic acids is 4. The smallest absolute Gasteiger partial charge is 0.410 e. The average molecular weight is 406 g/mol. The number of likely N-dealkylation sites (tertiary alicyclic amines) is 1. The third kappa shape index (κ3) is 3.58. The fourth-order valence-electron chi connectivity index (χ4n) is 4.02. The molecule has 1 fully saturated rings. The molecule has 0 saturated carbocycles. The number of Topliss-reactive ketones (excluding diaryl/α,β-unsaturated/α-hetero) is 1. The van der Waals surface area contributed by atoms with Crippen LogP contribution in [0.1, 0.15) is 39.6 Å². The van der Waals surface area contributed by atoms with Crippen molar-refractivity contribution in [2.75, 3.05) is 13.1 Å². The Kier molecular flexibility index (Phi) is 5.35. The van der Waals surface area contributed by atoms with Gasteiger partial charge in [0.25, 0.3) is 11.8 Å². The third-order valence-electron chi connectivity index (χ3n) is 5.78. The van der Waals surface area contributed by atoms with Crippen LogP contribution in [0.2, 0.25) is 0 Å².